The lowest BCUT2D eigenvalue weighted by atomic mass is 10.1. The number of thiazole rings is 1. The zero-order chi connectivity index (χ0) is 23.0. The molecule has 3 aromatic carbocycles. The first kappa shape index (κ1) is 22.8. The monoisotopic (exact) mass is 463 g/mol. The van der Waals surface area contributed by atoms with E-state index in [0.29, 0.717) is 32.0 Å². The standard InChI is InChI=1S/C26H25NO5S/c1-2-30-23(26(28)29)17-18-11-13-19(14-12-18)31-15-16-32-22-9-5-3-7-20(22)25-27-21-8-4-6-10-24(21)33-25/h3-14,23H,2,15-17H2,1H3,(H,28,29)/t23-/m0/s1. The Labute approximate surface area is 196 Å². The molecule has 0 bridgehead atoms. The second kappa shape index (κ2) is 10.9. The average molecular weight is 464 g/mol. The molecule has 0 saturated heterocycles. The zero-order valence-electron chi connectivity index (χ0n) is 18.3. The third kappa shape index (κ3) is 5.88. The lowest BCUT2D eigenvalue weighted by molar-refractivity contribution is -0.149. The van der Waals surface area contributed by atoms with Crippen LogP contribution in [0.25, 0.3) is 20.8 Å². The fourth-order valence-corrected chi connectivity index (χ4v) is 4.42. The molecule has 1 atom stereocenters. The van der Waals surface area contributed by atoms with Crippen molar-refractivity contribution in [3.63, 3.8) is 0 Å². The van der Waals surface area contributed by atoms with Crippen LogP contribution < -0.4 is 9.47 Å². The van der Waals surface area contributed by atoms with E-state index in [4.69, 9.17) is 19.2 Å². The van der Waals surface area contributed by atoms with E-state index in [1.54, 1.807) is 18.3 Å². The first-order valence-corrected chi connectivity index (χ1v) is 11.6. The highest BCUT2D eigenvalue weighted by atomic mass is 32.1. The Kier molecular flexibility index (Phi) is 7.55. The number of benzene rings is 3. The predicted octanol–water partition coefficient (Wildman–Crippen LogP) is 5.45. The van der Waals surface area contributed by atoms with Crippen molar-refractivity contribution in [2.45, 2.75) is 19.4 Å². The summed E-state index contributed by atoms with van der Waals surface area (Å²) in [4.78, 5) is 16.0. The fraction of sp³-hybridized carbons (Fsp3) is 0.231. The van der Waals surface area contributed by atoms with Gasteiger partial charge in [0.1, 0.15) is 29.7 Å². The fourth-order valence-electron chi connectivity index (χ4n) is 3.42. The number of rotatable bonds is 11. The molecule has 0 aliphatic heterocycles. The van der Waals surface area contributed by atoms with Crippen molar-refractivity contribution in [2.75, 3.05) is 19.8 Å². The first-order chi connectivity index (χ1) is 16.1. The largest absolute Gasteiger partial charge is 0.490 e. The SMILES string of the molecule is CCO[C@@H](Cc1ccc(OCCOc2ccccc2-c2nc3ccccc3s2)cc1)C(=O)O. The smallest absolute Gasteiger partial charge is 0.333 e. The van der Waals surface area contributed by atoms with Crippen LogP contribution in [0.4, 0.5) is 0 Å². The van der Waals surface area contributed by atoms with Gasteiger partial charge in [0.15, 0.2) is 6.10 Å². The Morgan fingerprint density at radius 3 is 2.45 bits per heavy atom. The number of carboxylic acid groups (broad SMARTS) is 1. The van der Waals surface area contributed by atoms with Crippen molar-refractivity contribution in [1.82, 2.24) is 4.98 Å². The maximum atomic E-state index is 11.2. The maximum absolute atomic E-state index is 11.2. The van der Waals surface area contributed by atoms with Crippen LogP contribution in [0.15, 0.2) is 72.8 Å². The van der Waals surface area contributed by atoms with Gasteiger partial charge in [-0.3, -0.25) is 0 Å². The summed E-state index contributed by atoms with van der Waals surface area (Å²) >= 11 is 1.64. The molecule has 0 aliphatic carbocycles. The van der Waals surface area contributed by atoms with Crippen molar-refractivity contribution in [3.8, 4) is 22.1 Å². The number of fused-ring (bicyclic) bond motifs is 1. The van der Waals surface area contributed by atoms with Crippen LogP contribution in [0.5, 0.6) is 11.5 Å². The number of hydrogen-bond acceptors (Lipinski definition) is 6. The van der Waals surface area contributed by atoms with Gasteiger partial charge in [0.05, 0.1) is 15.8 Å². The Bertz CT molecular complexity index is 1170. The molecule has 0 amide bonds. The number of nitrogens with zero attached hydrogens (tertiary/aromatic N) is 1. The molecule has 0 spiro atoms. The van der Waals surface area contributed by atoms with Crippen LogP contribution in [-0.4, -0.2) is 42.0 Å². The molecule has 0 radical (unpaired) electrons. The third-order valence-electron chi connectivity index (χ3n) is 5.01. The van der Waals surface area contributed by atoms with Gasteiger partial charge in [-0.25, -0.2) is 9.78 Å². The van der Waals surface area contributed by atoms with Gasteiger partial charge in [0.2, 0.25) is 0 Å². The molecule has 0 saturated carbocycles. The summed E-state index contributed by atoms with van der Waals surface area (Å²) in [6, 6.07) is 23.3. The molecule has 0 aliphatic rings. The van der Waals surface area contributed by atoms with E-state index in [-0.39, 0.29) is 0 Å². The van der Waals surface area contributed by atoms with E-state index in [0.717, 1.165) is 32.1 Å². The molecule has 1 heterocycles. The minimum Gasteiger partial charge on any atom is -0.490 e. The summed E-state index contributed by atoms with van der Waals surface area (Å²) < 4.78 is 18.2. The molecular formula is C26H25NO5S. The summed E-state index contributed by atoms with van der Waals surface area (Å²) in [7, 11) is 0. The van der Waals surface area contributed by atoms with Gasteiger partial charge in [-0.1, -0.05) is 36.4 Å². The first-order valence-electron chi connectivity index (χ1n) is 10.8. The van der Waals surface area contributed by atoms with Crippen LogP contribution in [0.3, 0.4) is 0 Å². The molecule has 170 valence electrons. The molecular weight excluding hydrogens is 438 g/mol. The topological polar surface area (TPSA) is 77.9 Å². The summed E-state index contributed by atoms with van der Waals surface area (Å²) in [6.45, 7) is 2.91. The van der Waals surface area contributed by atoms with E-state index < -0.39 is 12.1 Å². The lowest BCUT2D eigenvalue weighted by Crippen LogP contribution is -2.26. The number of carboxylic acids is 1. The van der Waals surface area contributed by atoms with Crippen LogP contribution >= 0.6 is 11.3 Å². The Hall–Kier alpha value is -3.42. The average Bonchev–Trinajstić information content (AvgIpc) is 3.27. The molecule has 0 fully saturated rings. The molecule has 33 heavy (non-hydrogen) atoms. The van der Waals surface area contributed by atoms with E-state index in [1.807, 2.05) is 66.7 Å². The van der Waals surface area contributed by atoms with Gasteiger partial charge in [-0.15, -0.1) is 11.3 Å². The second-order valence-electron chi connectivity index (χ2n) is 7.31. The highest BCUT2D eigenvalue weighted by Gasteiger charge is 2.18. The lowest BCUT2D eigenvalue weighted by Gasteiger charge is -2.13. The molecule has 7 heteroatoms. The summed E-state index contributed by atoms with van der Waals surface area (Å²) in [5.41, 5.74) is 2.82. The van der Waals surface area contributed by atoms with Crippen LogP contribution in [-0.2, 0) is 16.0 Å². The molecule has 1 N–H and O–H groups in total. The number of carbonyl (C=O) groups is 1. The minimum absolute atomic E-state index is 0.315. The maximum Gasteiger partial charge on any atom is 0.333 e. The molecule has 4 aromatic rings. The summed E-state index contributed by atoms with van der Waals surface area (Å²) in [5, 5.41) is 10.1. The molecule has 6 nitrogen and oxygen atoms in total. The van der Waals surface area contributed by atoms with Gasteiger partial charge in [-0.05, 0) is 48.9 Å². The molecule has 1 aromatic heterocycles. The quantitative estimate of drug-likeness (QED) is 0.298. The van der Waals surface area contributed by atoms with Crippen molar-refractivity contribution < 1.29 is 24.1 Å². The summed E-state index contributed by atoms with van der Waals surface area (Å²) in [5.74, 6) is 0.511. The number of hydrogen-bond donors (Lipinski definition) is 1. The van der Waals surface area contributed by atoms with Crippen molar-refractivity contribution >= 4 is 27.5 Å². The van der Waals surface area contributed by atoms with E-state index in [2.05, 4.69) is 6.07 Å². The van der Waals surface area contributed by atoms with E-state index >= 15 is 0 Å². The van der Waals surface area contributed by atoms with Gasteiger partial charge in [0.25, 0.3) is 0 Å². The summed E-state index contributed by atoms with van der Waals surface area (Å²) in [6.07, 6.45) is -0.527. The number of para-hydroxylation sites is 2. The highest BCUT2D eigenvalue weighted by Crippen LogP contribution is 2.35. The molecule has 4 rings (SSSR count). The number of ether oxygens (including phenoxy) is 3. The van der Waals surface area contributed by atoms with Crippen LogP contribution in [0, 0.1) is 0 Å². The number of aromatic nitrogens is 1. The van der Waals surface area contributed by atoms with Crippen LogP contribution in [0.1, 0.15) is 12.5 Å². The van der Waals surface area contributed by atoms with Gasteiger partial charge in [-0.2, -0.15) is 0 Å². The van der Waals surface area contributed by atoms with Crippen molar-refractivity contribution in [2.24, 2.45) is 0 Å². The predicted molar refractivity (Wildman–Crippen MR) is 129 cm³/mol. The third-order valence-corrected chi connectivity index (χ3v) is 6.08. The second-order valence-corrected chi connectivity index (χ2v) is 8.34. The number of aliphatic carboxylic acids is 1. The van der Waals surface area contributed by atoms with E-state index in [1.165, 1.54) is 0 Å². The molecule has 0 unspecified atom stereocenters. The van der Waals surface area contributed by atoms with Gasteiger partial charge >= 0.3 is 5.97 Å². The Morgan fingerprint density at radius 1 is 0.970 bits per heavy atom. The van der Waals surface area contributed by atoms with Gasteiger partial charge < -0.3 is 19.3 Å². The Morgan fingerprint density at radius 2 is 1.70 bits per heavy atom. The normalized spacial score (nSPS) is 11.9. The highest BCUT2D eigenvalue weighted by molar-refractivity contribution is 7.21. The minimum atomic E-state index is -0.958. The zero-order valence-corrected chi connectivity index (χ0v) is 19.1. The van der Waals surface area contributed by atoms with Crippen molar-refractivity contribution in [3.05, 3.63) is 78.4 Å². The Balaban J connectivity index is 1.32. The van der Waals surface area contributed by atoms with Gasteiger partial charge in [0, 0.05) is 13.0 Å². The van der Waals surface area contributed by atoms with Crippen LogP contribution in [0.2, 0.25) is 0 Å². The van der Waals surface area contributed by atoms with Crippen molar-refractivity contribution in [1.29, 1.82) is 0 Å². The van der Waals surface area contributed by atoms with E-state index in [9.17, 15) is 9.90 Å².